The van der Waals surface area contributed by atoms with Crippen molar-refractivity contribution in [3.63, 3.8) is 0 Å². The van der Waals surface area contributed by atoms with Crippen molar-refractivity contribution in [3.05, 3.63) is 35.9 Å². The van der Waals surface area contributed by atoms with Crippen LogP contribution in [-0.4, -0.2) is 54.3 Å². The molecule has 2 amide bonds. The standard InChI is InChI=1S/C20H30N2O4S/c1-14(2)17(18(23)21-20(3,4)5)22(16-11-12-27(25,26)13-16)19(24)15-9-7-6-8-10-15/h6-10,14,16-17H,11-13H2,1-5H3,(H,21,23)/t16-,17-/m0/s1. The van der Waals surface area contributed by atoms with Gasteiger partial charge in [-0.1, -0.05) is 32.0 Å². The highest BCUT2D eigenvalue weighted by molar-refractivity contribution is 7.91. The summed E-state index contributed by atoms with van der Waals surface area (Å²) in [6.07, 6.45) is 0.354. The summed E-state index contributed by atoms with van der Waals surface area (Å²) in [6.45, 7) is 9.40. The van der Waals surface area contributed by atoms with Gasteiger partial charge in [-0.05, 0) is 45.2 Å². The van der Waals surface area contributed by atoms with E-state index in [1.807, 2.05) is 40.7 Å². The van der Waals surface area contributed by atoms with Crippen LogP contribution in [0, 0.1) is 5.92 Å². The molecule has 2 atom stereocenters. The number of hydrogen-bond donors (Lipinski definition) is 1. The number of carbonyl (C=O) groups excluding carboxylic acids is 2. The van der Waals surface area contributed by atoms with Gasteiger partial charge in [-0.3, -0.25) is 9.59 Å². The summed E-state index contributed by atoms with van der Waals surface area (Å²) in [7, 11) is -3.20. The molecule has 0 unspecified atom stereocenters. The molecule has 1 saturated heterocycles. The minimum Gasteiger partial charge on any atom is -0.350 e. The van der Waals surface area contributed by atoms with E-state index in [-0.39, 0.29) is 29.2 Å². The first-order chi connectivity index (χ1) is 12.4. The van der Waals surface area contributed by atoms with Gasteiger partial charge >= 0.3 is 0 Å². The van der Waals surface area contributed by atoms with Crippen molar-refractivity contribution < 1.29 is 18.0 Å². The Labute approximate surface area is 162 Å². The quantitative estimate of drug-likeness (QED) is 0.830. The minimum absolute atomic E-state index is 0.0436. The molecular weight excluding hydrogens is 364 g/mol. The molecular formula is C20H30N2O4S. The van der Waals surface area contributed by atoms with Crippen molar-refractivity contribution in [1.29, 1.82) is 0 Å². The number of hydrogen-bond acceptors (Lipinski definition) is 4. The number of carbonyl (C=O) groups is 2. The lowest BCUT2D eigenvalue weighted by atomic mass is 9.96. The summed E-state index contributed by atoms with van der Waals surface area (Å²) in [4.78, 5) is 27.9. The zero-order chi connectivity index (χ0) is 20.4. The van der Waals surface area contributed by atoms with Crippen molar-refractivity contribution >= 4 is 21.7 Å². The van der Waals surface area contributed by atoms with E-state index in [1.54, 1.807) is 24.3 Å². The number of amides is 2. The molecule has 1 aromatic carbocycles. The molecule has 1 N–H and O–H groups in total. The first-order valence-electron chi connectivity index (χ1n) is 9.31. The maximum Gasteiger partial charge on any atom is 0.254 e. The average molecular weight is 395 g/mol. The summed E-state index contributed by atoms with van der Waals surface area (Å²) >= 11 is 0. The predicted molar refractivity (Wildman–Crippen MR) is 106 cm³/mol. The van der Waals surface area contributed by atoms with Gasteiger partial charge in [0.15, 0.2) is 9.84 Å². The molecule has 150 valence electrons. The Hall–Kier alpha value is -1.89. The molecule has 0 spiro atoms. The van der Waals surface area contributed by atoms with E-state index in [0.717, 1.165) is 0 Å². The maximum atomic E-state index is 13.3. The lowest BCUT2D eigenvalue weighted by Crippen LogP contribution is -2.59. The molecule has 1 fully saturated rings. The Balaban J connectivity index is 2.45. The van der Waals surface area contributed by atoms with Gasteiger partial charge in [0.2, 0.25) is 5.91 Å². The van der Waals surface area contributed by atoms with E-state index in [2.05, 4.69) is 5.32 Å². The van der Waals surface area contributed by atoms with E-state index < -0.39 is 27.5 Å². The summed E-state index contributed by atoms with van der Waals surface area (Å²) < 4.78 is 24.1. The van der Waals surface area contributed by atoms with E-state index in [4.69, 9.17) is 0 Å². The van der Waals surface area contributed by atoms with E-state index in [1.165, 1.54) is 4.90 Å². The molecule has 1 heterocycles. The van der Waals surface area contributed by atoms with Gasteiger partial charge in [0.25, 0.3) is 5.91 Å². The number of nitrogens with one attached hydrogen (secondary N) is 1. The fourth-order valence-corrected chi connectivity index (χ4v) is 5.15. The number of benzene rings is 1. The number of rotatable bonds is 5. The van der Waals surface area contributed by atoms with Crippen molar-refractivity contribution in [2.24, 2.45) is 5.92 Å². The Kier molecular flexibility index (Phi) is 6.35. The zero-order valence-corrected chi connectivity index (χ0v) is 17.5. The number of nitrogens with zero attached hydrogens (tertiary/aromatic N) is 1. The highest BCUT2D eigenvalue weighted by atomic mass is 32.2. The maximum absolute atomic E-state index is 13.3. The van der Waals surface area contributed by atoms with Crippen LogP contribution in [0.15, 0.2) is 30.3 Å². The van der Waals surface area contributed by atoms with Crippen LogP contribution < -0.4 is 5.32 Å². The summed E-state index contributed by atoms with van der Waals surface area (Å²) in [6, 6.07) is 7.48. The smallest absolute Gasteiger partial charge is 0.254 e. The molecule has 1 aliphatic heterocycles. The van der Waals surface area contributed by atoms with E-state index in [9.17, 15) is 18.0 Å². The monoisotopic (exact) mass is 394 g/mol. The zero-order valence-electron chi connectivity index (χ0n) is 16.7. The molecule has 1 aromatic rings. The fraction of sp³-hybridized carbons (Fsp3) is 0.600. The largest absolute Gasteiger partial charge is 0.350 e. The Morgan fingerprint density at radius 3 is 2.19 bits per heavy atom. The van der Waals surface area contributed by atoms with Gasteiger partial charge in [0, 0.05) is 17.1 Å². The third-order valence-electron chi connectivity index (χ3n) is 4.56. The summed E-state index contributed by atoms with van der Waals surface area (Å²) in [5.74, 6) is -0.783. The van der Waals surface area contributed by atoms with Crippen LogP contribution in [0.4, 0.5) is 0 Å². The molecule has 2 rings (SSSR count). The highest BCUT2D eigenvalue weighted by Gasteiger charge is 2.42. The Bertz CT molecular complexity index is 782. The molecule has 27 heavy (non-hydrogen) atoms. The normalized spacial score (nSPS) is 20.3. The topological polar surface area (TPSA) is 83.6 Å². The van der Waals surface area contributed by atoms with Crippen LogP contribution >= 0.6 is 0 Å². The third-order valence-corrected chi connectivity index (χ3v) is 6.31. The van der Waals surface area contributed by atoms with Crippen molar-refractivity contribution in [2.45, 2.75) is 58.7 Å². The van der Waals surface area contributed by atoms with Crippen LogP contribution in [0.5, 0.6) is 0 Å². The molecule has 1 aliphatic rings. The molecule has 0 bridgehead atoms. The second kappa shape index (κ2) is 8.00. The lowest BCUT2D eigenvalue weighted by Gasteiger charge is -2.39. The van der Waals surface area contributed by atoms with Gasteiger partial charge in [0.1, 0.15) is 6.04 Å². The first-order valence-corrected chi connectivity index (χ1v) is 11.1. The van der Waals surface area contributed by atoms with Crippen LogP contribution in [0.1, 0.15) is 51.4 Å². The molecule has 0 aliphatic carbocycles. The highest BCUT2D eigenvalue weighted by Crippen LogP contribution is 2.26. The van der Waals surface area contributed by atoms with E-state index >= 15 is 0 Å². The molecule has 7 heteroatoms. The predicted octanol–water partition coefficient (Wildman–Crippen LogP) is 2.26. The second-order valence-corrected chi connectivity index (χ2v) is 10.8. The summed E-state index contributed by atoms with van der Waals surface area (Å²) in [5.41, 5.74) is 0.00368. The molecule has 0 radical (unpaired) electrons. The minimum atomic E-state index is -3.20. The molecule has 0 aromatic heterocycles. The SMILES string of the molecule is CC(C)[C@@H](C(=O)NC(C)(C)C)N(C(=O)c1ccccc1)[C@H]1CCS(=O)(=O)C1. The van der Waals surface area contributed by atoms with Crippen molar-refractivity contribution in [2.75, 3.05) is 11.5 Å². The molecule has 0 saturated carbocycles. The van der Waals surface area contributed by atoms with Gasteiger partial charge in [-0.25, -0.2) is 8.42 Å². The van der Waals surface area contributed by atoms with Crippen LogP contribution in [0.2, 0.25) is 0 Å². The average Bonchev–Trinajstić information content (AvgIpc) is 2.90. The van der Waals surface area contributed by atoms with Crippen LogP contribution in [0.3, 0.4) is 0 Å². The second-order valence-electron chi connectivity index (χ2n) is 8.56. The van der Waals surface area contributed by atoms with Crippen LogP contribution in [0.25, 0.3) is 0 Å². The van der Waals surface area contributed by atoms with Crippen molar-refractivity contribution in [3.8, 4) is 0 Å². The van der Waals surface area contributed by atoms with Gasteiger partial charge in [0.05, 0.1) is 11.5 Å². The fourth-order valence-electron chi connectivity index (χ4n) is 3.44. The number of sulfone groups is 1. The van der Waals surface area contributed by atoms with E-state index in [0.29, 0.717) is 12.0 Å². The van der Waals surface area contributed by atoms with Crippen molar-refractivity contribution in [1.82, 2.24) is 10.2 Å². The van der Waals surface area contributed by atoms with Gasteiger partial charge < -0.3 is 10.2 Å². The first kappa shape index (κ1) is 21.4. The summed E-state index contributed by atoms with van der Waals surface area (Å²) in [5, 5.41) is 2.95. The molecule has 6 nitrogen and oxygen atoms in total. The third kappa shape index (κ3) is 5.54. The van der Waals surface area contributed by atoms with Crippen LogP contribution in [-0.2, 0) is 14.6 Å². The lowest BCUT2D eigenvalue weighted by molar-refractivity contribution is -0.129. The van der Waals surface area contributed by atoms with Gasteiger partial charge in [-0.2, -0.15) is 0 Å². The Morgan fingerprint density at radius 2 is 1.74 bits per heavy atom. The van der Waals surface area contributed by atoms with Gasteiger partial charge in [-0.15, -0.1) is 0 Å². The Morgan fingerprint density at radius 1 is 1.15 bits per heavy atom.